The van der Waals surface area contributed by atoms with Gasteiger partial charge in [-0.25, -0.2) is 0 Å². The minimum absolute atomic E-state index is 0.453. The topological polar surface area (TPSA) is 18.5 Å². The zero-order valence-corrected chi connectivity index (χ0v) is 11.6. The molecule has 3 atom stereocenters. The first-order valence-electron chi connectivity index (χ1n) is 6.29. The second-order valence-corrected chi connectivity index (χ2v) is 6.02. The van der Waals surface area contributed by atoms with E-state index in [1.165, 1.54) is 12.0 Å². The fourth-order valence-electron chi connectivity index (χ4n) is 2.36. The molecule has 0 bridgehead atoms. The van der Waals surface area contributed by atoms with Crippen LogP contribution in [0.5, 0.6) is 11.5 Å². The van der Waals surface area contributed by atoms with Gasteiger partial charge in [0.25, 0.3) is 0 Å². The van der Waals surface area contributed by atoms with Crippen LogP contribution in [0, 0.1) is 11.8 Å². The van der Waals surface area contributed by atoms with E-state index in [0.29, 0.717) is 4.83 Å². The average Bonchev–Trinajstić information content (AvgIpc) is 3.09. The van der Waals surface area contributed by atoms with Gasteiger partial charge in [-0.1, -0.05) is 28.9 Å². The molecule has 1 heterocycles. The monoisotopic (exact) mass is 296 g/mol. The minimum atomic E-state index is 0.453. The van der Waals surface area contributed by atoms with E-state index in [1.807, 2.05) is 6.07 Å². The number of hydrogen-bond donors (Lipinski definition) is 0. The molecule has 1 aromatic rings. The lowest BCUT2D eigenvalue weighted by Crippen LogP contribution is -1.97. The van der Waals surface area contributed by atoms with Gasteiger partial charge in [0.05, 0.1) is 13.2 Å². The third-order valence-electron chi connectivity index (χ3n) is 3.64. The Hall–Kier alpha value is -0.700. The van der Waals surface area contributed by atoms with Crippen molar-refractivity contribution in [2.45, 2.75) is 24.6 Å². The van der Waals surface area contributed by atoms with Gasteiger partial charge in [0.15, 0.2) is 11.5 Å². The number of ether oxygens (including phenoxy) is 2. The fourth-order valence-corrected chi connectivity index (χ4v) is 3.38. The second kappa shape index (κ2) is 4.52. The van der Waals surface area contributed by atoms with Crippen LogP contribution in [-0.4, -0.2) is 13.2 Å². The van der Waals surface area contributed by atoms with Crippen molar-refractivity contribution in [2.75, 3.05) is 13.2 Å². The molecule has 0 amide bonds. The highest BCUT2D eigenvalue weighted by Gasteiger charge is 2.39. The van der Waals surface area contributed by atoms with Crippen molar-refractivity contribution in [2.24, 2.45) is 11.8 Å². The highest BCUT2D eigenvalue weighted by atomic mass is 79.9. The summed E-state index contributed by atoms with van der Waals surface area (Å²) >= 11 is 3.80. The zero-order valence-electron chi connectivity index (χ0n) is 9.99. The smallest absolute Gasteiger partial charge is 0.161 e. The van der Waals surface area contributed by atoms with Crippen molar-refractivity contribution in [3.63, 3.8) is 0 Å². The molecule has 92 valence electrons. The maximum atomic E-state index is 5.72. The second-order valence-electron chi connectivity index (χ2n) is 5.04. The van der Waals surface area contributed by atoms with Crippen LogP contribution in [0.3, 0.4) is 0 Å². The van der Waals surface area contributed by atoms with Gasteiger partial charge >= 0.3 is 0 Å². The van der Waals surface area contributed by atoms with Gasteiger partial charge in [-0.05, 0) is 36.0 Å². The van der Waals surface area contributed by atoms with E-state index in [2.05, 4.69) is 35.0 Å². The van der Waals surface area contributed by atoms with Gasteiger partial charge in [0.2, 0.25) is 0 Å². The molecule has 3 heteroatoms. The number of rotatable bonds is 2. The molecule has 2 aliphatic rings. The summed E-state index contributed by atoms with van der Waals surface area (Å²) in [7, 11) is 0. The van der Waals surface area contributed by atoms with Crippen LogP contribution in [0.25, 0.3) is 0 Å². The molecule has 0 spiro atoms. The molecular weight excluding hydrogens is 280 g/mol. The van der Waals surface area contributed by atoms with Crippen LogP contribution in [0.2, 0.25) is 0 Å². The van der Waals surface area contributed by atoms with Gasteiger partial charge in [0, 0.05) is 11.2 Å². The quantitative estimate of drug-likeness (QED) is 0.770. The molecule has 1 saturated carbocycles. The molecule has 0 aromatic heterocycles. The van der Waals surface area contributed by atoms with Gasteiger partial charge in [-0.15, -0.1) is 0 Å². The predicted molar refractivity (Wildman–Crippen MR) is 71.0 cm³/mol. The maximum Gasteiger partial charge on any atom is 0.161 e. The lowest BCUT2D eigenvalue weighted by Gasteiger charge is -2.13. The third kappa shape index (κ3) is 2.30. The van der Waals surface area contributed by atoms with Crippen LogP contribution >= 0.6 is 15.9 Å². The molecule has 0 saturated heterocycles. The van der Waals surface area contributed by atoms with E-state index in [9.17, 15) is 0 Å². The Morgan fingerprint density at radius 1 is 1.24 bits per heavy atom. The van der Waals surface area contributed by atoms with E-state index in [0.717, 1.165) is 43.0 Å². The van der Waals surface area contributed by atoms with Crippen molar-refractivity contribution in [1.82, 2.24) is 0 Å². The standard InChI is InChI=1S/C14H17BrO2/c1-9-7-11(9)14(15)10-3-4-12-13(8-10)17-6-2-5-16-12/h3-4,8-9,11,14H,2,5-7H2,1H3. The summed E-state index contributed by atoms with van der Waals surface area (Å²) < 4.78 is 11.4. The van der Waals surface area contributed by atoms with Crippen LogP contribution in [0.15, 0.2) is 18.2 Å². The first kappa shape index (κ1) is 11.4. The summed E-state index contributed by atoms with van der Waals surface area (Å²) in [6.07, 6.45) is 2.28. The molecule has 3 rings (SSSR count). The van der Waals surface area contributed by atoms with Crippen molar-refractivity contribution in [3.05, 3.63) is 23.8 Å². The van der Waals surface area contributed by atoms with Crippen LogP contribution in [-0.2, 0) is 0 Å². The van der Waals surface area contributed by atoms with Crippen molar-refractivity contribution >= 4 is 15.9 Å². The molecule has 17 heavy (non-hydrogen) atoms. The van der Waals surface area contributed by atoms with E-state index in [-0.39, 0.29) is 0 Å². The largest absolute Gasteiger partial charge is 0.490 e. The molecule has 3 unspecified atom stereocenters. The first-order chi connectivity index (χ1) is 8.25. The SMILES string of the molecule is CC1CC1C(Br)c1ccc2c(c1)OCCCO2. The Morgan fingerprint density at radius 3 is 2.65 bits per heavy atom. The molecule has 1 fully saturated rings. The number of benzene rings is 1. The highest BCUT2D eigenvalue weighted by molar-refractivity contribution is 9.09. The van der Waals surface area contributed by atoms with Gasteiger partial charge in [0.1, 0.15) is 0 Å². The Balaban J connectivity index is 1.84. The van der Waals surface area contributed by atoms with E-state index >= 15 is 0 Å². The maximum absolute atomic E-state index is 5.72. The predicted octanol–water partition coefficient (Wildman–Crippen LogP) is 3.94. The molecule has 0 radical (unpaired) electrons. The Kier molecular flexibility index (Phi) is 3.03. The van der Waals surface area contributed by atoms with Crippen molar-refractivity contribution < 1.29 is 9.47 Å². The van der Waals surface area contributed by atoms with Gasteiger partial charge in [-0.2, -0.15) is 0 Å². The van der Waals surface area contributed by atoms with E-state index < -0.39 is 0 Å². The summed E-state index contributed by atoms with van der Waals surface area (Å²) in [4.78, 5) is 0.453. The summed E-state index contributed by atoms with van der Waals surface area (Å²) in [5, 5.41) is 0. The number of halogens is 1. The summed E-state index contributed by atoms with van der Waals surface area (Å²) in [6, 6.07) is 6.32. The summed E-state index contributed by atoms with van der Waals surface area (Å²) in [5.41, 5.74) is 1.31. The first-order valence-corrected chi connectivity index (χ1v) is 7.21. The van der Waals surface area contributed by atoms with Gasteiger partial charge < -0.3 is 9.47 Å². The van der Waals surface area contributed by atoms with Crippen LogP contribution in [0.4, 0.5) is 0 Å². The average molecular weight is 297 g/mol. The lowest BCUT2D eigenvalue weighted by molar-refractivity contribution is 0.297. The van der Waals surface area contributed by atoms with E-state index in [1.54, 1.807) is 0 Å². The Bertz CT molecular complexity index is 419. The number of fused-ring (bicyclic) bond motifs is 1. The Labute approximate surface area is 110 Å². The summed E-state index contributed by atoms with van der Waals surface area (Å²) in [5.74, 6) is 3.41. The number of alkyl halides is 1. The summed E-state index contributed by atoms with van der Waals surface area (Å²) in [6.45, 7) is 3.81. The van der Waals surface area contributed by atoms with Crippen LogP contribution < -0.4 is 9.47 Å². The number of hydrogen-bond acceptors (Lipinski definition) is 2. The minimum Gasteiger partial charge on any atom is -0.490 e. The van der Waals surface area contributed by atoms with E-state index in [4.69, 9.17) is 9.47 Å². The molecule has 2 nitrogen and oxygen atoms in total. The molecule has 1 aliphatic heterocycles. The molecule has 1 aromatic carbocycles. The zero-order chi connectivity index (χ0) is 11.8. The molecule has 1 aliphatic carbocycles. The Morgan fingerprint density at radius 2 is 1.94 bits per heavy atom. The van der Waals surface area contributed by atoms with Crippen LogP contribution in [0.1, 0.15) is 30.2 Å². The lowest BCUT2D eigenvalue weighted by atomic mass is 10.1. The third-order valence-corrected chi connectivity index (χ3v) is 4.85. The highest BCUT2D eigenvalue weighted by Crippen LogP contribution is 2.52. The van der Waals surface area contributed by atoms with Crippen molar-refractivity contribution in [1.29, 1.82) is 0 Å². The normalized spacial score (nSPS) is 28.4. The van der Waals surface area contributed by atoms with Gasteiger partial charge in [-0.3, -0.25) is 0 Å². The molecule has 0 N–H and O–H groups in total. The molecular formula is C14H17BrO2. The fraction of sp³-hybridized carbons (Fsp3) is 0.571. The van der Waals surface area contributed by atoms with Crippen molar-refractivity contribution in [3.8, 4) is 11.5 Å².